The van der Waals surface area contributed by atoms with Gasteiger partial charge in [0.25, 0.3) is 0 Å². The van der Waals surface area contributed by atoms with E-state index in [0.717, 1.165) is 28.6 Å². The quantitative estimate of drug-likeness (QED) is 0.760. The van der Waals surface area contributed by atoms with Gasteiger partial charge < -0.3 is 20.5 Å². The second-order valence-corrected chi connectivity index (χ2v) is 6.33. The van der Waals surface area contributed by atoms with Crippen LogP contribution in [0.5, 0.6) is 11.5 Å². The molecule has 0 spiro atoms. The molecule has 23 heavy (non-hydrogen) atoms. The van der Waals surface area contributed by atoms with Crippen LogP contribution in [0.1, 0.15) is 32.3 Å². The van der Waals surface area contributed by atoms with Crippen LogP contribution >= 0.6 is 28.3 Å². The van der Waals surface area contributed by atoms with Crippen LogP contribution in [0.2, 0.25) is 0 Å². The molecule has 1 aromatic carbocycles. The van der Waals surface area contributed by atoms with E-state index in [9.17, 15) is 4.79 Å². The molecule has 1 aliphatic heterocycles. The molecule has 0 saturated heterocycles. The van der Waals surface area contributed by atoms with Crippen LogP contribution in [0.15, 0.2) is 16.6 Å². The Balaban J connectivity index is 0.00000264. The maximum Gasteiger partial charge on any atom is 0.227 e. The largest absolute Gasteiger partial charge is 0.486 e. The first-order valence-electron chi connectivity index (χ1n) is 7.62. The van der Waals surface area contributed by atoms with Crippen molar-refractivity contribution in [2.75, 3.05) is 19.8 Å². The van der Waals surface area contributed by atoms with E-state index in [2.05, 4.69) is 21.2 Å². The number of nitrogens with one attached hydrogen (secondary N) is 1. The summed E-state index contributed by atoms with van der Waals surface area (Å²) in [4.78, 5) is 12.4. The second-order valence-electron chi connectivity index (χ2n) is 5.48. The first kappa shape index (κ1) is 20.1. The molecule has 7 heteroatoms. The average molecular weight is 408 g/mol. The van der Waals surface area contributed by atoms with Crippen LogP contribution < -0.4 is 20.5 Å². The van der Waals surface area contributed by atoms with E-state index < -0.39 is 5.41 Å². The van der Waals surface area contributed by atoms with Crippen LogP contribution in [0.25, 0.3) is 0 Å². The minimum Gasteiger partial charge on any atom is -0.486 e. The topological polar surface area (TPSA) is 73.6 Å². The van der Waals surface area contributed by atoms with Gasteiger partial charge in [-0.3, -0.25) is 4.79 Å². The fourth-order valence-electron chi connectivity index (χ4n) is 2.59. The van der Waals surface area contributed by atoms with Gasteiger partial charge in [0.2, 0.25) is 5.91 Å². The third-order valence-electron chi connectivity index (χ3n) is 4.34. The van der Waals surface area contributed by atoms with Crippen molar-refractivity contribution >= 4 is 34.2 Å². The predicted octanol–water partition coefficient (Wildman–Crippen LogP) is 3.02. The molecule has 0 atom stereocenters. The van der Waals surface area contributed by atoms with Gasteiger partial charge in [0.05, 0.1) is 9.89 Å². The molecule has 130 valence electrons. The first-order chi connectivity index (χ1) is 10.6. The number of halogens is 2. The fourth-order valence-corrected chi connectivity index (χ4v) is 3.19. The van der Waals surface area contributed by atoms with Crippen molar-refractivity contribution in [1.29, 1.82) is 0 Å². The molecule has 0 bridgehead atoms. The summed E-state index contributed by atoms with van der Waals surface area (Å²) in [6, 6.07) is 3.84. The van der Waals surface area contributed by atoms with Crippen LogP contribution in [0, 0.1) is 5.41 Å². The summed E-state index contributed by atoms with van der Waals surface area (Å²) in [5, 5.41) is 2.99. The maximum atomic E-state index is 12.4. The second kappa shape index (κ2) is 8.76. The molecule has 1 heterocycles. The summed E-state index contributed by atoms with van der Waals surface area (Å²) >= 11 is 3.48. The standard InChI is InChI=1S/C16H23BrN2O3.ClH/c1-3-16(4-2,10-18)15(20)19-9-11-7-12(17)14-13(8-11)21-5-6-22-14;/h7-8H,3-6,9-10,18H2,1-2H3,(H,19,20);1H. The Hall–Kier alpha value is -0.980. The van der Waals surface area contributed by atoms with Gasteiger partial charge >= 0.3 is 0 Å². The Kier molecular flexibility index (Phi) is 7.64. The van der Waals surface area contributed by atoms with E-state index in [4.69, 9.17) is 15.2 Å². The summed E-state index contributed by atoms with van der Waals surface area (Å²) < 4.78 is 12.0. The Morgan fingerprint density at radius 1 is 1.30 bits per heavy atom. The van der Waals surface area contributed by atoms with Crippen molar-refractivity contribution in [2.24, 2.45) is 11.1 Å². The van der Waals surface area contributed by atoms with E-state index in [1.807, 2.05) is 26.0 Å². The number of carbonyl (C=O) groups excluding carboxylic acids is 1. The monoisotopic (exact) mass is 406 g/mol. The number of carbonyl (C=O) groups is 1. The van der Waals surface area contributed by atoms with Crippen LogP contribution in [-0.4, -0.2) is 25.7 Å². The number of rotatable bonds is 6. The zero-order valence-electron chi connectivity index (χ0n) is 13.5. The molecule has 3 N–H and O–H groups in total. The number of benzene rings is 1. The molecule has 0 aromatic heterocycles. The third-order valence-corrected chi connectivity index (χ3v) is 4.92. The lowest BCUT2D eigenvalue weighted by atomic mass is 9.81. The summed E-state index contributed by atoms with van der Waals surface area (Å²) in [7, 11) is 0. The lowest BCUT2D eigenvalue weighted by Gasteiger charge is -2.28. The molecule has 1 amide bonds. The lowest BCUT2D eigenvalue weighted by Crippen LogP contribution is -2.45. The summed E-state index contributed by atoms with van der Waals surface area (Å²) in [6.07, 6.45) is 1.47. The van der Waals surface area contributed by atoms with Crippen molar-refractivity contribution in [2.45, 2.75) is 33.2 Å². The fraction of sp³-hybridized carbons (Fsp3) is 0.562. The van der Waals surface area contributed by atoms with Crippen LogP contribution in [-0.2, 0) is 11.3 Å². The first-order valence-corrected chi connectivity index (χ1v) is 8.42. The lowest BCUT2D eigenvalue weighted by molar-refractivity contribution is -0.131. The van der Waals surface area contributed by atoms with E-state index in [0.29, 0.717) is 32.1 Å². The van der Waals surface area contributed by atoms with Gasteiger partial charge in [-0.1, -0.05) is 13.8 Å². The predicted molar refractivity (Wildman–Crippen MR) is 96.3 cm³/mol. The molecule has 1 aliphatic rings. The van der Waals surface area contributed by atoms with Gasteiger partial charge in [-0.2, -0.15) is 0 Å². The van der Waals surface area contributed by atoms with Crippen molar-refractivity contribution in [3.8, 4) is 11.5 Å². The minimum atomic E-state index is -0.481. The Labute approximate surface area is 151 Å². The zero-order chi connectivity index (χ0) is 16.2. The van der Waals surface area contributed by atoms with Crippen molar-refractivity contribution in [3.63, 3.8) is 0 Å². The highest BCUT2D eigenvalue weighted by molar-refractivity contribution is 9.10. The van der Waals surface area contributed by atoms with Gasteiger partial charge in [0, 0.05) is 13.1 Å². The Morgan fingerprint density at radius 2 is 1.96 bits per heavy atom. The zero-order valence-corrected chi connectivity index (χ0v) is 15.9. The molecular formula is C16H24BrClN2O3. The van der Waals surface area contributed by atoms with Gasteiger partial charge in [-0.05, 0) is 46.5 Å². The Bertz CT molecular complexity index is 542. The maximum absolute atomic E-state index is 12.4. The summed E-state index contributed by atoms with van der Waals surface area (Å²) in [5.74, 6) is 1.44. The van der Waals surface area contributed by atoms with Crippen molar-refractivity contribution in [1.82, 2.24) is 5.32 Å². The number of hydrogen-bond acceptors (Lipinski definition) is 4. The molecule has 1 aromatic rings. The minimum absolute atomic E-state index is 0. The van der Waals surface area contributed by atoms with Crippen molar-refractivity contribution in [3.05, 3.63) is 22.2 Å². The highest BCUT2D eigenvalue weighted by atomic mass is 79.9. The number of ether oxygens (including phenoxy) is 2. The summed E-state index contributed by atoms with van der Waals surface area (Å²) in [5.41, 5.74) is 6.29. The van der Waals surface area contributed by atoms with Gasteiger partial charge in [0.15, 0.2) is 11.5 Å². The van der Waals surface area contributed by atoms with Crippen LogP contribution in [0.4, 0.5) is 0 Å². The molecule has 0 fully saturated rings. The molecule has 2 rings (SSSR count). The van der Waals surface area contributed by atoms with Gasteiger partial charge in [0.1, 0.15) is 13.2 Å². The molecule has 0 unspecified atom stereocenters. The highest BCUT2D eigenvalue weighted by Crippen LogP contribution is 2.38. The number of nitrogens with two attached hydrogens (primary N) is 1. The number of fused-ring (bicyclic) bond motifs is 1. The van der Waals surface area contributed by atoms with Crippen molar-refractivity contribution < 1.29 is 14.3 Å². The normalized spacial score (nSPS) is 13.2. The molecular weight excluding hydrogens is 384 g/mol. The summed E-state index contributed by atoms with van der Waals surface area (Å²) in [6.45, 7) is 5.88. The van der Waals surface area contributed by atoms with E-state index in [1.165, 1.54) is 0 Å². The van der Waals surface area contributed by atoms with Gasteiger partial charge in [-0.15, -0.1) is 12.4 Å². The molecule has 0 radical (unpaired) electrons. The Morgan fingerprint density at radius 3 is 2.57 bits per heavy atom. The molecule has 0 saturated carbocycles. The molecule has 0 aliphatic carbocycles. The van der Waals surface area contributed by atoms with E-state index in [1.54, 1.807) is 0 Å². The smallest absolute Gasteiger partial charge is 0.227 e. The van der Waals surface area contributed by atoms with E-state index >= 15 is 0 Å². The van der Waals surface area contributed by atoms with Crippen LogP contribution in [0.3, 0.4) is 0 Å². The highest BCUT2D eigenvalue weighted by Gasteiger charge is 2.33. The SMILES string of the molecule is CCC(CC)(CN)C(=O)NCc1cc(Br)c2c(c1)OCCO2.Cl. The van der Waals surface area contributed by atoms with E-state index in [-0.39, 0.29) is 18.3 Å². The molecule has 5 nitrogen and oxygen atoms in total. The number of hydrogen-bond donors (Lipinski definition) is 2. The third kappa shape index (κ3) is 4.31. The average Bonchev–Trinajstić information content (AvgIpc) is 2.55. The van der Waals surface area contributed by atoms with Gasteiger partial charge in [-0.25, -0.2) is 0 Å². The number of amides is 1.